The van der Waals surface area contributed by atoms with Gasteiger partial charge in [0.1, 0.15) is 12.3 Å². The minimum absolute atomic E-state index is 0.00659. The van der Waals surface area contributed by atoms with Crippen LogP contribution in [0.15, 0.2) is 36.4 Å². The van der Waals surface area contributed by atoms with Crippen LogP contribution in [-0.4, -0.2) is 47.4 Å². The molecule has 1 N–H and O–H groups in total. The molecule has 31 heavy (non-hydrogen) atoms. The van der Waals surface area contributed by atoms with Crippen molar-refractivity contribution in [2.24, 2.45) is 0 Å². The van der Waals surface area contributed by atoms with Crippen molar-refractivity contribution in [1.82, 2.24) is 5.32 Å². The summed E-state index contributed by atoms with van der Waals surface area (Å²) in [6, 6.07) is 9.83. The number of carbonyl (C=O) groups is 1. The first-order valence-corrected chi connectivity index (χ1v) is 11.7. The predicted molar refractivity (Wildman–Crippen MR) is 121 cm³/mol. The zero-order valence-electron chi connectivity index (χ0n) is 18.1. The fourth-order valence-corrected chi connectivity index (χ4v) is 3.87. The summed E-state index contributed by atoms with van der Waals surface area (Å²) in [6.07, 6.45) is 1.02. The standard InChI is InChI=1S/C21H27ClN2O6S/c1-14(2)30-19-8-6-15(10-20(19)29-4)12-23-21(25)13-24(31(5,26)27)16-7-9-18(28-3)17(22)11-16/h6-11,14H,12-13H2,1-5H3,(H,23,25). The SMILES string of the molecule is COc1ccc(N(CC(=O)NCc2ccc(OC(C)C)c(OC)c2)S(C)(=O)=O)cc1Cl. The van der Waals surface area contributed by atoms with Crippen molar-refractivity contribution in [2.45, 2.75) is 26.5 Å². The molecule has 0 atom stereocenters. The Balaban J connectivity index is 2.11. The lowest BCUT2D eigenvalue weighted by Crippen LogP contribution is -2.40. The van der Waals surface area contributed by atoms with Gasteiger partial charge in [-0.05, 0) is 49.7 Å². The van der Waals surface area contributed by atoms with Crippen LogP contribution in [-0.2, 0) is 21.4 Å². The highest BCUT2D eigenvalue weighted by molar-refractivity contribution is 7.92. The second-order valence-corrected chi connectivity index (χ2v) is 9.33. The molecule has 0 aromatic heterocycles. The molecule has 2 aromatic carbocycles. The molecule has 0 aliphatic carbocycles. The maximum Gasteiger partial charge on any atom is 0.241 e. The topological polar surface area (TPSA) is 94.2 Å². The van der Waals surface area contributed by atoms with Gasteiger partial charge in [-0.25, -0.2) is 8.42 Å². The summed E-state index contributed by atoms with van der Waals surface area (Å²) >= 11 is 6.11. The van der Waals surface area contributed by atoms with E-state index in [1.807, 2.05) is 13.8 Å². The summed E-state index contributed by atoms with van der Waals surface area (Å²) in [7, 11) is -0.730. The van der Waals surface area contributed by atoms with E-state index in [1.165, 1.54) is 26.4 Å². The molecule has 0 fully saturated rings. The van der Waals surface area contributed by atoms with Gasteiger partial charge < -0.3 is 19.5 Å². The number of methoxy groups -OCH3 is 2. The van der Waals surface area contributed by atoms with Crippen LogP contribution >= 0.6 is 11.6 Å². The van der Waals surface area contributed by atoms with E-state index in [2.05, 4.69) is 5.32 Å². The number of amides is 1. The van der Waals surface area contributed by atoms with E-state index in [9.17, 15) is 13.2 Å². The fraction of sp³-hybridized carbons (Fsp3) is 0.381. The van der Waals surface area contributed by atoms with E-state index in [4.69, 9.17) is 25.8 Å². The lowest BCUT2D eigenvalue weighted by Gasteiger charge is -2.22. The monoisotopic (exact) mass is 470 g/mol. The maximum atomic E-state index is 12.5. The quantitative estimate of drug-likeness (QED) is 0.573. The van der Waals surface area contributed by atoms with Gasteiger partial charge in [-0.1, -0.05) is 17.7 Å². The first-order valence-electron chi connectivity index (χ1n) is 9.46. The number of nitrogens with zero attached hydrogens (tertiary/aromatic N) is 1. The van der Waals surface area contributed by atoms with Gasteiger partial charge in [-0.2, -0.15) is 0 Å². The van der Waals surface area contributed by atoms with Crippen molar-refractivity contribution in [3.05, 3.63) is 47.0 Å². The molecule has 2 aromatic rings. The minimum Gasteiger partial charge on any atom is -0.495 e. The summed E-state index contributed by atoms with van der Waals surface area (Å²) in [4.78, 5) is 12.5. The summed E-state index contributed by atoms with van der Waals surface area (Å²) in [6.45, 7) is 3.62. The van der Waals surface area contributed by atoms with Crippen LogP contribution in [0.25, 0.3) is 0 Å². The Labute approximate surface area is 188 Å². The summed E-state index contributed by atoms with van der Waals surface area (Å²) in [5.41, 5.74) is 1.04. The predicted octanol–water partition coefficient (Wildman–Crippen LogP) is 3.23. The van der Waals surface area contributed by atoms with Crippen LogP contribution in [0.5, 0.6) is 17.2 Å². The number of anilines is 1. The third kappa shape index (κ3) is 6.93. The first-order chi connectivity index (χ1) is 14.5. The lowest BCUT2D eigenvalue weighted by molar-refractivity contribution is -0.119. The zero-order valence-corrected chi connectivity index (χ0v) is 19.7. The number of hydrogen-bond donors (Lipinski definition) is 1. The van der Waals surface area contributed by atoms with Gasteiger partial charge >= 0.3 is 0 Å². The molecular formula is C21H27ClN2O6S. The number of ether oxygens (including phenoxy) is 3. The zero-order chi connectivity index (χ0) is 23.2. The van der Waals surface area contributed by atoms with Crippen molar-refractivity contribution in [3.8, 4) is 17.2 Å². The van der Waals surface area contributed by atoms with Gasteiger partial charge in [-0.15, -0.1) is 0 Å². The highest BCUT2D eigenvalue weighted by Gasteiger charge is 2.22. The minimum atomic E-state index is -3.72. The van der Waals surface area contributed by atoms with Crippen molar-refractivity contribution >= 4 is 33.2 Å². The Kier molecular flexibility index (Phi) is 8.41. The van der Waals surface area contributed by atoms with Crippen LogP contribution in [0.2, 0.25) is 5.02 Å². The normalized spacial score (nSPS) is 11.2. The summed E-state index contributed by atoms with van der Waals surface area (Å²) < 4.78 is 41.6. The van der Waals surface area contributed by atoms with Crippen LogP contribution in [0.1, 0.15) is 19.4 Å². The molecule has 0 spiro atoms. The molecule has 0 heterocycles. The van der Waals surface area contributed by atoms with Gasteiger partial charge in [0.05, 0.1) is 37.3 Å². The molecule has 0 aliphatic rings. The average molecular weight is 471 g/mol. The van der Waals surface area contributed by atoms with Gasteiger partial charge in [0.25, 0.3) is 0 Å². The Bertz CT molecular complexity index is 1030. The molecule has 0 saturated heterocycles. The van der Waals surface area contributed by atoms with Crippen molar-refractivity contribution < 1.29 is 27.4 Å². The van der Waals surface area contributed by atoms with E-state index < -0.39 is 22.5 Å². The molecule has 0 radical (unpaired) electrons. The molecule has 2 rings (SSSR count). The van der Waals surface area contributed by atoms with Gasteiger partial charge in [0.15, 0.2) is 11.5 Å². The number of halogens is 1. The first kappa shape index (κ1) is 24.6. The number of carbonyl (C=O) groups excluding carboxylic acids is 1. The Morgan fingerprint density at radius 3 is 2.26 bits per heavy atom. The second-order valence-electron chi connectivity index (χ2n) is 7.02. The molecule has 0 aliphatic heterocycles. The molecule has 0 unspecified atom stereocenters. The molecular weight excluding hydrogens is 444 g/mol. The van der Waals surface area contributed by atoms with Crippen molar-refractivity contribution in [3.63, 3.8) is 0 Å². The summed E-state index contributed by atoms with van der Waals surface area (Å²) in [5.74, 6) is 1.08. The second kappa shape index (κ2) is 10.6. The average Bonchev–Trinajstić information content (AvgIpc) is 2.70. The largest absolute Gasteiger partial charge is 0.495 e. The molecule has 170 valence electrons. The summed E-state index contributed by atoms with van der Waals surface area (Å²) in [5, 5.41) is 2.96. The van der Waals surface area contributed by atoms with Crippen LogP contribution in [0, 0.1) is 0 Å². The smallest absolute Gasteiger partial charge is 0.241 e. The number of rotatable bonds is 10. The van der Waals surface area contributed by atoms with Crippen molar-refractivity contribution in [2.75, 3.05) is 31.3 Å². The molecule has 0 saturated carbocycles. The third-order valence-electron chi connectivity index (χ3n) is 4.19. The Morgan fingerprint density at radius 1 is 1.06 bits per heavy atom. The highest BCUT2D eigenvalue weighted by atomic mass is 35.5. The van der Waals surface area contributed by atoms with Crippen LogP contribution in [0.3, 0.4) is 0 Å². The van der Waals surface area contributed by atoms with Gasteiger partial charge in [-0.3, -0.25) is 9.10 Å². The Morgan fingerprint density at radius 2 is 1.71 bits per heavy atom. The highest BCUT2D eigenvalue weighted by Crippen LogP contribution is 2.30. The third-order valence-corrected chi connectivity index (χ3v) is 5.63. The van der Waals surface area contributed by atoms with E-state index in [1.54, 1.807) is 24.3 Å². The number of nitrogens with one attached hydrogen (secondary N) is 1. The Hall–Kier alpha value is -2.65. The van der Waals surface area contributed by atoms with E-state index in [-0.39, 0.29) is 23.4 Å². The molecule has 1 amide bonds. The maximum absolute atomic E-state index is 12.5. The molecule has 0 bridgehead atoms. The lowest BCUT2D eigenvalue weighted by atomic mass is 10.2. The van der Waals surface area contributed by atoms with E-state index in [0.29, 0.717) is 17.2 Å². The number of benzene rings is 2. The number of hydrogen-bond acceptors (Lipinski definition) is 6. The van der Waals surface area contributed by atoms with Gasteiger partial charge in [0, 0.05) is 6.54 Å². The van der Waals surface area contributed by atoms with Crippen LogP contribution in [0.4, 0.5) is 5.69 Å². The molecule has 10 heteroatoms. The fourth-order valence-electron chi connectivity index (χ4n) is 2.77. The molecule has 8 nitrogen and oxygen atoms in total. The van der Waals surface area contributed by atoms with Crippen LogP contribution < -0.4 is 23.8 Å². The van der Waals surface area contributed by atoms with E-state index >= 15 is 0 Å². The van der Waals surface area contributed by atoms with Gasteiger partial charge in [0.2, 0.25) is 15.9 Å². The van der Waals surface area contributed by atoms with E-state index in [0.717, 1.165) is 16.1 Å². The number of sulfonamides is 1. The van der Waals surface area contributed by atoms with Crippen molar-refractivity contribution in [1.29, 1.82) is 0 Å².